The summed E-state index contributed by atoms with van der Waals surface area (Å²) in [6, 6.07) is 12.4. The quantitative estimate of drug-likeness (QED) is 0.0516. The highest BCUT2D eigenvalue weighted by Gasteiger charge is 2.45. The lowest BCUT2D eigenvalue weighted by atomic mass is 9.79. The van der Waals surface area contributed by atoms with Crippen molar-refractivity contribution < 1.29 is 22.2 Å². The highest BCUT2D eigenvalue weighted by atomic mass is 32.2. The van der Waals surface area contributed by atoms with Crippen LogP contribution in [0.3, 0.4) is 0 Å². The van der Waals surface area contributed by atoms with Crippen LogP contribution in [-0.4, -0.2) is 38.6 Å². The first-order chi connectivity index (χ1) is 22.4. The molecule has 1 unspecified atom stereocenters. The zero-order chi connectivity index (χ0) is 34.2. The van der Waals surface area contributed by atoms with E-state index in [0.717, 1.165) is 29.8 Å². The van der Waals surface area contributed by atoms with Crippen molar-refractivity contribution in [3.63, 3.8) is 0 Å². The highest BCUT2D eigenvalue weighted by Crippen LogP contribution is 2.52. The van der Waals surface area contributed by atoms with Crippen molar-refractivity contribution in [3.05, 3.63) is 76.9 Å². The van der Waals surface area contributed by atoms with E-state index in [1.165, 1.54) is 111 Å². The van der Waals surface area contributed by atoms with Gasteiger partial charge in [-0.3, -0.25) is 0 Å². The van der Waals surface area contributed by atoms with Gasteiger partial charge in [0, 0.05) is 46.6 Å². The lowest BCUT2D eigenvalue weighted by Crippen LogP contribution is -2.28. The molecular formula is C40H58NO4S2+. The fourth-order valence-electron chi connectivity index (χ4n) is 7.59. The van der Waals surface area contributed by atoms with Gasteiger partial charge in [0.25, 0.3) is 0 Å². The van der Waals surface area contributed by atoms with E-state index in [2.05, 4.69) is 88.6 Å². The topological polar surface area (TPSA) is 55.6 Å². The number of sulfone groups is 1. The van der Waals surface area contributed by atoms with Gasteiger partial charge in [0.15, 0.2) is 15.5 Å². The maximum Gasteiger partial charge on any atom is 0.209 e. The number of nitrogens with zero attached hydrogens (tertiary/aromatic N) is 1. The average Bonchev–Trinajstić information content (AvgIpc) is 3.37. The number of hydrogen-bond acceptors (Lipinski definition) is 5. The molecule has 2 aromatic rings. The molecule has 258 valence electrons. The predicted octanol–water partition coefficient (Wildman–Crippen LogP) is 10.9. The Morgan fingerprint density at radius 2 is 1.53 bits per heavy atom. The van der Waals surface area contributed by atoms with Crippen LogP contribution in [0.1, 0.15) is 135 Å². The van der Waals surface area contributed by atoms with Crippen molar-refractivity contribution in [3.8, 4) is 0 Å². The minimum atomic E-state index is -3.29. The molecule has 0 radical (unpaired) electrons. The number of allylic oxidation sites excluding steroid dienone is 4. The van der Waals surface area contributed by atoms with Crippen molar-refractivity contribution in [1.29, 1.82) is 0 Å². The molecule has 1 aliphatic carbocycles. The summed E-state index contributed by atoms with van der Waals surface area (Å²) in [6.45, 7) is 14.7. The van der Waals surface area contributed by atoms with Crippen molar-refractivity contribution >= 4 is 33.3 Å². The van der Waals surface area contributed by atoms with Gasteiger partial charge in [0.2, 0.25) is 5.69 Å². The summed E-state index contributed by atoms with van der Waals surface area (Å²) >= 11 is 1.24. The Hall–Kier alpha value is -2.19. The maximum absolute atomic E-state index is 12.5. The minimum Gasteiger partial charge on any atom is -0.227 e. The molecule has 1 atom stereocenters. The number of fused-ring (bicyclic) bond motifs is 2. The van der Waals surface area contributed by atoms with Crippen LogP contribution >= 0.6 is 12.0 Å². The summed E-state index contributed by atoms with van der Waals surface area (Å²) in [5.74, 6) is 0.286. The number of benzene rings is 2. The molecular weight excluding hydrogens is 623 g/mol. The van der Waals surface area contributed by atoms with Crippen molar-refractivity contribution in [2.75, 3.05) is 19.9 Å². The molecule has 7 heteroatoms. The molecule has 0 amide bonds. The third-order valence-electron chi connectivity index (χ3n) is 10.3. The molecule has 0 N–H and O–H groups in total. The largest absolute Gasteiger partial charge is 0.227 e. The SMILES string of the molecule is CCCCCCCC1C(=CC=CC2=[N+](CCCCCCC)c3ccc(SOOC)cc3C2(C)C)C(C)(C)c2cc(S(C)(=O)=O)ccc21. The number of rotatable bonds is 18. The summed E-state index contributed by atoms with van der Waals surface area (Å²) in [7, 11) is -1.76. The van der Waals surface area contributed by atoms with Gasteiger partial charge in [-0.1, -0.05) is 103 Å². The monoisotopic (exact) mass is 680 g/mol. The van der Waals surface area contributed by atoms with Crippen LogP contribution in [0.4, 0.5) is 5.69 Å². The zero-order valence-electron chi connectivity index (χ0n) is 30.2. The molecule has 4 rings (SSSR count). The number of unbranched alkanes of at least 4 members (excludes halogenated alkanes) is 8. The van der Waals surface area contributed by atoms with E-state index >= 15 is 0 Å². The minimum absolute atomic E-state index is 0.186. The first-order valence-corrected chi connectivity index (χ1v) is 20.4. The maximum atomic E-state index is 12.5. The summed E-state index contributed by atoms with van der Waals surface area (Å²) in [6.07, 6.45) is 21.7. The van der Waals surface area contributed by atoms with E-state index in [1.807, 2.05) is 12.1 Å². The summed E-state index contributed by atoms with van der Waals surface area (Å²) in [5, 5.41) is 0. The van der Waals surface area contributed by atoms with Crippen LogP contribution in [-0.2, 0) is 29.9 Å². The molecule has 1 heterocycles. The van der Waals surface area contributed by atoms with E-state index in [1.54, 1.807) is 0 Å². The van der Waals surface area contributed by atoms with Crippen molar-refractivity contribution in [2.45, 2.75) is 139 Å². The molecule has 0 saturated carbocycles. The Kier molecular flexibility index (Phi) is 13.2. The highest BCUT2D eigenvalue weighted by molar-refractivity contribution is 7.94. The van der Waals surface area contributed by atoms with Gasteiger partial charge < -0.3 is 0 Å². The van der Waals surface area contributed by atoms with Crippen LogP contribution in [0.25, 0.3) is 0 Å². The third-order valence-corrected chi connectivity index (χ3v) is 12.0. The van der Waals surface area contributed by atoms with Gasteiger partial charge in [-0.05, 0) is 62.1 Å². The van der Waals surface area contributed by atoms with Crippen LogP contribution in [0.5, 0.6) is 0 Å². The second-order valence-corrected chi connectivity index (χ2v) is 17.2. The van der Waals surface area contributed by atoms with Gasteiger partial charge >= 0.3 is 0 Å². The molecule has 47 heavy (non-hydrogen) atoms. The molecule has 2 aliphatic rings. The van der Waals surface area contributed by atoms with Gasteiger partial charge in [-0.15, -0.1) is 0 Å². The Morgan fingerprint density at radius 3 is 2.19 bits per heavy atom. The Balaban J connectivity index is 1.72. The van der Waals surface area contributed by atoms with E-state index in [4.69, 9.17) is 9.22 Å². The first-order valence-electron chi connectivity index (χ1n) is 17.8. The Labute approximate surface area is 290 Å². The second kappa shape index (κ2) is 16.5. The van der Waals surface area contributed by atoms with Gasteiger partial charge in [-0.2, -0.15) is 8.91 Å². The third kappa shape index (κ3) is 8.70. The Bertz CT molecular complexity index is 1580. The van der Waals surface area contributed by atoms with Crippen LogP contribution < -0.4 is 0 Å². The van der Waals surface area contributed by atoms with Gasteiger partial charge in [0.05, 0.1) is 29.5 Å². The second-order valence-electron chi connectivity index (χ2n) is 14.5. The number of hydrogen-bond donors (Lipinski definition) is 0. The van der Waals surface area contributed by atoms with Gasteiger partial charge in [-0.25, -0.2) is 13.3 Å². The van der Waals surface area contributed by atoms with Crippen LogP contribution in [0, 0.1) is 0 Å². The first kappa shape index (κ1) is 37.6. The Morgan fingerprint density at radius 1 is 0.851 bits per heavy atom. The predicted molar refractivity (Wildman–Crippen MR) is 198 cm³/mol. The van der Waals surface area contributed by atoms with E-state index in [0.29, 0.717) is 4.90 Å². The van der Waals surface area contributed by atoms with E-state index in [9.17, 15) is 8.42 Å². The van der Waals surface area contributed by atoms with Gasteiger partial charge in [0.1, 0.15) is 6.54 Å². The summed E-state index contributed by atoms with van der Waals surface area (Å²) < 4.78 is 32.8. The molecule has 0 saturated heterocycles. The standard InChI is InChI=1S/C40H58NO4S2/c1-9-11-13-15-17-20-32-33-25-24-31(47(8,42)43)29-35(33)39(3,4)34(32)21-19-22-38-40(5,6)36-28-30(46-45-44-7)23-26-37(36)41(38)27-18-16-14-12-10-2/h19,21-26,28-29,32H,9-18,20,27H2,1-8H3/q+1. The molecule has 0 aromatic heterocycles. The lowest BCUT2D eigenvalue weighted by Gasteiger charge is -2.24. The zero-order valence-corrected chi connectivity index (χ0v) is 31.8. The fourth-order valence-corrected chi connectivity index (χ4v) is 8.68. The van der Waals surface area contributed by atoms with E-state index in [-0.39, 0.29) is 16.7 Å². The fraction of sp³-hybridized carbons (Fsp3) is 0.575. The van der Waals surface area contributed by atoms with E-state index < -0.39 is 9.84 Å². The van der Waals surface area contributed by atoms with Crippen LogP contribution in [0.15, 0.2) is 70.0 Å². The van der Waals surface area contributed by atoms with Crippen LogP contribution in [0.2, 0.25) is 0 Å². The summed E-state index contributed by atoms with van der Waals surface area (Å²) in [4.78, 5) is 6.29. The molecule has 2 aromatic carbocycles. The molecule has 0 bridgehead atoms. The van der Waals surface area contributed by atoms with Crippen molar-refractivity contribution in [1.82, 2.24) is 0 Å². The normalized spacial score (nSPS) is 19.2. The lowest BCUT2D eigenvalue weighted by molar-refractivity contribution is -0.438. The molecule has 1 aliphatic heterocycles. The molecule has 0 spiro atoms. The smallest absolute Gasteiger partial charge is 0.209 e. The molecule has 5 nitrogen and oxygen atoms in total. The summed E-state index contributed by atoms with van der Waals surface area (Å²) in [5.41, 5.74) is 7.24. The average molecular weight is 681 g/mol. The van der Waals surface area contributed by atoms with Crippen molar-refractivity contribution in [2.24, 2.45) is 0 Å². The molecule has 0 fully saturated rings.